The molecule has 1 atom stereocenters. The number of thiophene rings is 1. The minimum absolute atomic E-state index is 0. The highest BCUT2D eigenvalue weighted by Gasteiger charge is 2.31. The van der Waals surface area contributed by atoms with Crippen molar-refractivity contribution in [2.45, 2.75) is 25.3 Å². The Morgan fingerprint density at radius 3 is 2.57 bits per heavy atom. The molecule has 120 valence electrons. The molecule has 1 saturated carbocycles. The Labute approximate surface area is 141 Å². The number of nitrogens with one attached hydrogen (secondary N) is 1. The number of hydrogen-bond donors (Lipinski definition) is 1. The van der Waals surface area contributed by atoms with Crippen molar-refractivity contribution in [2.75, 3.05) is 26.2 Å². The van der Waals surface area contributed by atoms with Gasteiger partial charge in [-0.3, -0.25) is 15.0 Å². The largest absolute Gasteiger partial charge is 0.324 e. The molecule has 0 spiro atoms. The monoisotopic (exact) mass is 353 g/mol. The summed E-state index contributed by atoms with van der Waals surface area (Å²) in [5.74, 6) is 0.832. The van der Waals surface area contributed by atoms with Gasteiger partial charge in [0.1, 0.15) is 0 Å². The third-order valence-electron chi connectivity index (χ3n) is 4.02. The summed E-state index contributed by atoms with van der Waals surface area (Å²) in [6, 6.07) is 2.15. The van der Waals surface area contributed by atoms with Crippen LogP contribution in [0.4, 0.5) is 5.00 Å². The summed E-state index contributed by atoms with van der Waals surface area (Å²) >= 11 is 1.26. The minimum Gasteiger partial charge on any atom is -0.314 e. The van der Waals surface area contributed by atoms with Gasteiger partial charge in [0.05, 0.1) is 4.92 Å². The first-order chi connectivity index (χ1) is 9.24. The molecule has 1 aliphatic heterocycles. The second kappa shape index (κ2) is 8.29. The summed E-state index contributed by atoms with van der Waals surface area (Å²) in [4.78, 5) is 13.0. The van der Waals surface area contributed by atoms with Crippen molar-refractivity contribution < 1.29 is 4.92 Å². The predicted octanol–water partition coefficient (Wildman–Crippen LogP) is 3.25. The van der Waals surface area contributed by atoms with Crippen molar-refractivity contribution in [3.05, 3.63) is 27.1 Å². The van der Waals surface area contributed by atoms with Gasteiger partial charge >= 0.3 is 5.00 Å². The van der Waals surface area contributed by atoms with Crippen molar-refractivity contribution in [1.82, 2.24) is 10.2 Å². The number of halogens is 2. The second-order valence-corrected chi connectivity index (χ2v) is 6.35. The van der Waals surface area contributed by atoms with Crippen LogP contribution in [-0.4, -0.2) is 36.0 Å². The SMILES string of the molecule is Cl.Cl.O=[N+]([O-])c1cc([C@@H](CC2CC2)N2CCNCC2)cs1. The summed E-state index contributed by atoms with van der Waals surface area (Å²) < 4.78 is 0. The van der Waals surface area contributed by atoms with Crippen molar-refractivity contribution in [1.29, 1.82) is 0 Å². The van der Waals surface area contributed by atoms with E-state index >= 15 is 0 Å². The molecular weight excluding hydrogens is 333 g/mol. The smallest absolute Gasteiger partial charge is 0.314 e. The van der Waals surface area contributed by atoms with E-state index in [1.165, 1.54) is 24.2 Å². The molecule has 1 aromatic rings. The number of rotatable bonds is 5. The zero-order valence-corrected chi connectivity index (χ0v) is 14.1. The summed E-state index contributed by atoms with van der Waals surface area (Å²) in [5.41, 5.74) is 1.14. The number of piperazine rings is 1. The Balaban J connectivity index is 0.00000110. The van der Waals surface area contributed by atoms with E-state index in [1.807, 2.05) is 5.38 Å². The molecule has 0 amide bonds. The molecule has 1 N–H and O–H groups in total. The van der Waals surface area contributed by atoms with E-state index in [2.05, 4.69) is 10.2 Å². The van der Waals surface area contributed by atoms with Crippen LogP contribution in [0.1, 0.15) is 30.9 Å². The van der Waals surface area contributed by atoms with Crippen LogP contribution in [0.3, 0.4) is 0 Å². The van der Waals surface area contributed by atoms with E-state index in [4.69, 9.17) is 0 Å². The van der Waals surface area contributed by atoms with Gasteiger partial charge in [-0.25, -0.2) is 0 Å². The number of nitro groups is 1. The fourth-order valence-electron chi connectivity index (χ4n) is 2.77. The van der Waals surface area contributed by atoms with Gasteiger partial charge in [-0.15, -0.1) is 24.8 Å². The van der Waals surface area contributed by atoms with Gasteiger partial charge < -0.3 is 5.32 Å². The minimum atomic E-state index is -0.278. The fraction of sp³-hybridized carbons (Fsp3) is 0.692. The molecule has 2 heterocycles. The first-order valence-electron chi connectivity index (χ1n) is 6.91. The predicted molar refractivity (Wildman–Crippen MR) is 90.0 cm³/mol. The normalized spacial score (nSPS) is 20.2. The maximum atomic E-state index is 10.8. The van der Waals surface area contributed by atoms with E-state index in [1.54, 1.807) is 6.07 Å². The average Bonchev–Trinajstić information content (AvgIpc) is 3.11. The molecule has 0 aromatic carbocycles. The molecule has 1 aromatic heterocycles. The summed E-state index contributed by atoms with van der Waals surface area (Å²) in [7, 11) is 0. The molecule has 1 aliphatic carbocycles. The maximum absolute atomic E-state index is 10.8. The molecule has 8 heteroatoms. The van der Waals surface area contributed by atoms with Gasteiger partial charge in [0.2, 0.25) is 0 Å². The van der Waals surface area contributed by atoms with Crippen LogP contribution < -0.4 is 5.32 Å². The Bertz CT molecular complexity index is 462. The fourth-order valence-corrected chi connectivity index (χ4v) is 3.54. The zero-order chi connectivity index (χ0) is 13.2. The molecule has 2 fully saturated rings. The first kappa shape index (κ1) is 18.6. The van der Waals surface area contributed by atoms with Crippen LogP contribution in [0.15, 0.2) is 11.4 Å². The highest BCUT2D eigenvalue weighted by Crippen LogP contribution is 2.41. The topological polar surface area (TPSA) is 58.4 Å². The van der Waals surface area contributed by atoms with Crippen LogP contribution in [0.5, 0.6) is 0 Å². The molecule has 2 aliphatic rings. The zero-order valence-electron chi connectivity index (χ0n) is 11.7. The molecule has 5 nitrogen and oxygen atoms in total. The third-order valence-corrected chi connectivity index (χ3v) is 4.91. The summed E-state index contributed by atoms with van der Waals surface area (Å²) in [5, 5.41) is 16.5. The van der Waals surface area contributed by atoms with Gasteiger partial charge in [-0.05, 0) is 17.9 Å². The van der Waals surface area contributed by atoms with Crippen molar-refractivity contribution >= 4 is 41.2 Å². The number of nitrogens with zero attached hydrogens (tertiary/aromatic N) is 2. The molecule has 0 bridgehead atoms. The van der Waals surface area contributed by atoms with Gasteiger partial charge in [0.25, 0.3) is 0 Å². The highest BCUT2D eigenvalue weighted by molar-refractivity contribution is 7.13. The van der Waals surface area contributed by atoms with Crippen molar-refractivity contribution in [2.24, 2.45) is 5.92 Å². The molecule has 0 radical (unpaired) electrons. The lowest BCUT2D eigenvalue weighted by atomic mass is 10.0. The van der Waals surface area contributed by atoms with Crippen molar-refractivity contribution in [3.63, 3.8) is 0 Å². The highest BCUT2D eigenvalue weighted by atomic mass is 35.5. The van der Waals surface area contributed by atoms with Gasteiger partial charge in [0, 0.05) is 43.7 Å². The Morgan fingerprint density at radius 2 is 2.05 bits per heavy atom. The first-order valence-corrected chi connectivity index (χ1v) is 7.79. The maximum Gasteiger partial charge on any atom is 0.324 e. The Kier molecular flexibility index (Phi) is 7.36. The third kappa shape index (κ3) is 4.79. The molecule has 1 saturated heterocycles. The average molecular weight is 354 g/mol. The lowest BCUT2D eigenvalue weighted by molar-refractivity contribution is -0.380. The number of hydrogen-bond acceptors (Lipinski definition) is 5. The van der Waals surface area contributed by atoms with Crippen LogP contribution >= 0.6 is 36.2 Å². The van der Waals surface area contributed by atoms with Gasteiger partial charge in [-0.1, -0.05) is 24.2 Å². The Hall–Kier alpha value is -0.400. The summed E-state index contributed by atoms with van der Waals surface area (Å²) in [6.45, 7) is 4.13. The van der Waals surface area contributed by atoms with E-state index < -0.39 is 0 Å². The van der Waals surface area contributed by atoms with Crippen molar-refractivity contribution in [3.8, 4) is 0 Å². The second-order valence-electron chi connectivity index (χ2n) is 5.46. The summed E-state index contributed by atoms with van der Waals surface area (Å²) in [6.07, 6.45) is 3.82. The molecule has 21 heavy (non-hydrogen) atoms. The molecular formula is C13H21Cl2N3O2S. The lowest BCUT2D eigenvalue weighted by Gasteiger charge is -2.34. The van der Waals surface area contributed by atoms with Gasteiger partial charge in [0.15, 0.2) is 0 Å². The van der Waals surface area contributed by atoms with Crippen LogP contribution in [-0.2, 0) is 0 Å². The quantitative estimate of drug-likeness (QED) is 0.651. The van der Waals surface area contributed by atoms with E-state index in [0.717, 1.165) is 44.1 Å². The van der Waals surface area contributed by atoms with E-state index in [-0.39, 0.29) is 34.7 Å². The van der Waals surface area contributed by atoms with Crippen LogP contribution in [0.2, 0.25) is 0 Å². The van der Waals surface area contributed by atoms with E-state index in [9.17, 15) is 10.1 Å². The molecule has 0 unspecified atom stereocenters. The Morgan fingerprint density at radius 1 is 1.38 bits per heavy atom. The lowest BCUT2D eigenvalue weighted by Crippen LogP contribution is -2.45. The molecule has 3 rings (SSSR count). The van der Waals surface area contributed by atoms with Crippen LogP contribution in [0, 0.1) is 16.0 Å². The van der Waals surface area contributed by atoms with Gasteiger partial charge in [-0.2, -0.15) is 0 Å². The van der Waals surface area contributed by atoms with E-state index in [0.29, 0.717) is 6.04 Å². The standard InChI is InChI=1S/C13H19N3O2S.2ClH/c17-16(18)13-8-11(9-19-13)12(7-10-1-2-10)15-5-3-14-4-6-15;;/h8-10,12,14H,1-7H2;2*1H/t12-;;/m1../s1. The van der Waals surface area contributed by atoms with Crippen LogP contribution in [0.25, 0.3) is 0 Å².